The Morgan fingerprint density at radius 3 is 2.52 bits per heavy atom. The molecule has 1 N–H and O–H groups in total. The number of nitrogens with one attached hydrogen (secondary N) is 1. The molecule has 2 aromatic heterocycles. The third kappa shape index (κ3) is 5.38. The van der Waals surface area contributed by atoms with Crippen LogP contribution in [0.25, 0.3) is 16.8 Å². The van der Waals surface area contributed by atoms with Crippen LogP contribution in [0, 0.1) is 13.8 Å². The zero-order chi connectivity index (χ0) is 23.4. The molecular weight excluding hydrogens is 418 g/mol. The van der Waals surface area contributed by atoms with Crippen molar-refractivity contribution in [1.29, 1.82) is 0 Å². The Morgan fingerprint density at radius 2 is 1.82 bits per heavy atom. The number of carbonyl (C=O) groups excluding carboxylic acids is 1. The summed E-state index contributed by atoms with van der Waals surface area (Å²) in [5.74, 6) is 1.21. The third-order valence-electron chi connectivity index (χ3n) is 4.99. The molecular formula is C24H25N7O2. The summed E-state index contributed by atoms with van der Waals surface area (Å²) in [6, 6.07) is 13.7. The Balaban J connectivity index is 1.62. The van der Waals surface area contributed by atoms with Gasteiger partial charge in [-0.15, -0.1) is 5.10 Å². The van der Waals surface area contributed by atoms with Gasteiger partial charge in [-0.1, -0.05) is 43.7 Å². The highest BCUT2D eigenvalue weighted by Crippen LogP contribution is 2.29. The molecule has 2 aromatic carbocycles. The van der Waals surface area contributed by atoms with Crippen LogP contribution in [0.3, 0.4) is 0 Å². The normalized spacial score (nSPS) is 10.9. The van der Waals surface area contributed by atoms with Crippen LogP contribution >= 0.6 is 0 Å². The average Bonchev–Trinajstić information content (AvgIpc) is 3.29. The molecule has 0 radical (unpaired) electrons. The summed E-state index contributed by atoms with van der Waals surface area (Å²) in [5.41, 5.74) is 5.18. The zero-order valence-electron chi connectivity index (χ0n) is 19.0. The fourth-order valence-electron chi connectivity index (χ4n) is 3.23. The van der Waals surface area contributed by atoms with Gasteiger partial charge >= 0.3 is 6.09 Å². The number of amides is 1. The van der Waals surface area contributed by atoms with Gasteiger partial charge in [0.15, 0.2) is 5.82 Å². The first kappa shape index (κ1) is 22.1. The summed E-state index contributed by atoms with van der Waals surface area (Å²) in [7, 11) is 0. The van der Waals surface area contributed by atoms with E-state index in [2.05, 4.69) is 30.8 Å². The van der Waals surface area contributed by atoms with Crippen LogP contribution in [0.15, 0.2) is 54.9 Å². The maximum Gasteiger partial charge on any atom is 0.412 e. The molecule has 9 heteroatoms. The molecule has 0 saturated heterocycles. The molecule has 168 valence electrons. The van der Waals surface area contributed by atoms with Crippen molar-refractivity contribution in [2.24, 2.45) is 0 Å². The lowest BCUT2D eigenvalue weighted by Gasteiger charge is -2.13. The molecule has 0 spiro atoms. The van der Waals surface area contributed by atoms with Crippen LogP contribution in [0.1, 0.15) is 42.5 Å². The van der Waals surface area contributed by atoms with Gasteiger partial charge in [0.05, 0.1) is 29.8 Å². The first-order valence-corrected chi connectivity index (χ1v) is 10.6. The van der Waals surface area contributed by atoms with Crippen LogP contribution in [0.4, 0.5) is 4.79 Å². The highest BCUT2D eigenvalue weighted by molar-refractivity contribution is 5.73. The molecule has 0 bridgehead atoms. The van der Waals surface area contributed by atoms with Crippen molar-refractivity contribution in [3.05, 3.63) is 77.6 Å². The zero-order valence-corrected chi connectivity index (χ0v) is 19.0. The Morgan fingerprint density at radius 1 is 1.03 bits per heavy atom. The SMILES string of the molecule is Cc1ccc(-c2cc(OC(=O)NCc3cnc(C)cn3)cc(-n3nnnc3C(C)C)c2)cc1. The van der Waals surface area contributed by atoms with Gasteiger partial charge in [0.1, 0.15) is 5.75 Å². The molecule has 0 unspecified atom stereocenters. The second-order valence-corrected chi connectivity index (χ2v) is 8.08. The summed E-state index contributed by atoms with van der Waals surface area (Å²) in [6.45, 7) is 8.14. The molecule has 0 aliphatic heterocycles. The minimum atomic E-state index is -0.592. The first-order chi connectivity index (χ1) is 15.9. The minimum Gasteiger partial charge on any atom is -0.410 e. The van der Waals surface area contributed by atoms with Gasteiger partial charge in [-0.2, -0.15) is 4.68 Å². The van der Waals surface area contributed by atoms with Crippen LogP contribution in [-0.2, 0) is 6.54 Å². The maximum atomic E-state index is 12.5. The van der Waals surface area contributed by atoms with Crippen molar-refractivity contribution in [1.82, 2.24) is 35.5 Å². The topological polar surface area (TPSA) is 108 Å². The number of carbonyl (C=O) groups is 1. The molecule has 1 amide bonds. The number of aromatic nitrogens is 6. The van der Waals surface area contributed by atoms with E-state index in [1.54, 1.807) is 23.1 Å². The van der Waals surface area contributed by atoms with E-state index >= 15 is 0 Å². The maximum absolute atomic E-state index is 12.5. The average molecular weight is 444 g/mol. The summed E-state index contributed by atoms with van der Waals surface area (Å²) in [4.78, 5) is 20.9. The Hall–Kier alpha value is -4.14. The summed E-state index contributed by atoms with van der Waals surface area (Å²) < 4.78 is 7.27. The second kappa shape index (κ2) is 9.56. The smallest absolute Gasteiger partial charge is 0.410 e. The Labute approximate surface area is 191 Å². The summed E-state index contributed by atoms with van der Waals surface area (Å²) in [6.07, 6.45) is 2.68. The predicted octanol–water partition coefficient (Wildman–Crippen LogP) is 4.15. The number of aryl methyl sites for hydroxylation is 2. The van der Waals surface area contributed by atoms with Gasteiger partial charge in [-0.05, 0) is 47.5 Å². The lowest BCUT2D eigenvalue weighted by atomic mass is 10.0. The molecule has 4 rings (SSSR count). The molecule has 9 nitrogen and oxygen atoms in total. The monoisotopic (exact) mass is 443 g/mol. The van der Waals surface area contributed by atoms with Gasteiger partial charge in [-0.3, -0.25) is 9.97 Å². The molecule has 0 atom stereocenters. The number of nitrogens with zero attached hydrogens (tertiary/aromatic N) is 6. The van der Waals surface area contributed by atoms with E-state index in [1.807, 2.05) is 64.1 Å². The van der Waals surface area contributed by atoms with E-state index in [4.69, 9.17) is 4.74 Å². The number of tetrazole rings is 1. The number of ether oxygens (including phenoxy) is 1. The Bertz CT molecular complexity index is 1250. The highest BCUT2D eigenvalue weighted by atomic mass is 16.6. The van der Waals surface area contributed by atoms with Crippen molar-refractivity contribution in [3.8, 4) is 22.6 Å². The van der Waals surface area contributed by atoms with Gasteiger partial charge in [0.25, 0.3) is 0 Å². The molecule has 33 heavy (non-hydrogen) atoms. The molecule has 2 heterocycles. The molecule has 0 saturated carbocycles. The van der Waals surface area contributed by atoms with Gasteiger partial charge in [0.2, 0.25) is 0 Å². The fourth-order valence-corrected chi connectivity index (χ4v) is 3.23. The van der Waals surface area contributed by atoms with Crippen molar-refractivity contribution in [3.63, 3.8) is 0 Å². The van der Waals surface area contributed by atoms with Crippen LogP contribution in [0.5, 0.6) is 5.75 Å². The number of rotatable bonds is 6. The minimum absolute atomic E-state index is 0.117. The van der Waals surface area contributed by atoms with Crippen molar-refractivity contribution in [2.75, 3.05) is 0 Å². The van der Waals surface area contributed by atoms with E-state index in [9.17, 15) is 4.79 Å². The van der Waals surface area contributed by atoms with E-state index in [1.165, 1.54) is 0 Å². The summed E-state index contributed by atoms with van der Waals surface area (Å²) >= 11 is 0. The van der Waals surface area contributed by atoms with E-state index < -0.39 is 6.09 Å². The van der Waals surface area contributed by atoms with Crippen molar-refractivity contribution < 1.29 is 9.53 Å². The largest absolute Gasteiger partial charge is 0.412 e. The molecule has 4 aromatic rings. The number of benzene rings is 2. The quantitative estimate of drug-likeness (QED) is 0.477. The second-order valence-electron chi connectivity index (χ2n) is 8.08. The molecule has 0 aliphatic carbocycles. The standard InChI is InChI=1S/C24H25N7O2/c1-15(2)23-28-29-30-31(23)21-9-19(18-7-5-16(3)6-8-18)10-22(11-21)33-24(32)27-14-20-13-25-17(4)12-26-20/h5-13,15H,14H2,1-4H3,(H,27,32). The number of hydrogen-bond donors (Lipinski definition) is 1. The Kier molecular flexibility index (Phi) is 6.39. The number of hydrogen-bond acceptors (Lipinski definition) is 7. The van der Waals surface area contributed by atoms with E-state index in [0.29, 0.717) is 23.0 Å². The van der Waals surface area contributed by atoms with Gasteiger partial charge in [-0.25, -0.2) is 4.79 Å². The summed E-state index contributed by atoms with van der Waals surface area (Å²) in [5, 5.41) is 14.8. The van der Waals surface area contributed by atoms with Crippen molar-refractivity contribution in [2.45, 2.75) is 40.2 Å². The van der Waals surface area contributed by atoms with Crippen molar-refractivity contribution >= 4 is 6.09 Å². The van der Waals surface area contributed by atoms with Gasteiger partial charge in [0, 0.05) is 18.2 Å². The fraction of sp³-hybridized carbons (Fsp3) is 0.250. The van der Waals surface area contributed by atoms with Crippen LogP contribution < -0.4 is 10.1 Å². The van der Waals surface area contributed by atoms with E-state index in [-0.39, 0.29) is 12.5 Å². The lowest BCUT2D eigenvalue weighted by Crippen LogP contribution is -2.26. The van der Waals surface area contributed by atoms with Crippen LogP contribution in [0.2, 0.25) is 0 Å². The van der Waals surface area contributed by atoms with Crippen LogP contribution in [-0.4, -0.2) is 36.3 Å². The highest BCUT2D eigenvalue weighted by Gasteiger charge is 2.15. The first-order valence-electron chi connectivity index (χ1n) is 10.6. The molecule has 0 fully saturated rings. The molecule has 0 aliphatic rings. The van der Waals surface area contributed by atoms with Gasteiger partial charge < -0.3 is 10.1 Å². The third-order valence-corrected chi connectivity index (χ3v) is 4.99. The predicted molar refractivity (Wildman–Crippen MR) is 123 cm³/mol. The van der Waals surface area contributed by atoms with E-state index in [0.717, 1.165) is 22.4 Å². The lowest BCUT2D eigenvalue weighted by molar-refractivity contribution is 0.200.